The second-order valence-corrected chi connectivity index (χ2v) is 4.43. The Morgan fingerprint density at radius 2 is 2.31 bits per heavy atom. The first-order chi connectivity index (χ1) is 7.79. The average molecular weight is 229 g/mol. The van der Waals surface area contributed by atoms with Crippen molar-refractivity contribution >= 4 is 17.2 Å². The molecular formula is C12H11N3S. The molecule has 1 N–H and O–H groups in total. The smallest absolute Gasteiger partial charge is 0.144 e. The molecule has 0 bridgehead atoms. The van der Waals surface area contributed by atoms with Crippen LogP contribution in [0.4, 0.5) is 5.82 Å². The fourth-order valence-corrected chi connectivity index (χ4v) is 2.01. The molecule has 16 heavy (non-hydrogen) atoms. The van der Waals surface area contributed by atoms with Crippen molar-refractivity contribution in [2.45, 2.75) is 13.5 Å². The minimum Gasteiger partial charge on any atom is -0.364 e. The lowest BCUT2D eigenvalue weighted by Gasteiger charge is -2.06. The minimum absolute atomic E-state index is 0.585. The van der Waals surface area contributed by atoms with Crippen LogP contribution in [-0.4, -0.2) is 4.98 Å². The molecule has 80 valence electrons. The molecule has 0 radical (unpaired) electrons. The molecule has 2 aromatic rings. The normalized spacial score (nSPS) is 9.75. The van der Waals surface area contributed by atoms with Crippen LogP contribution in [0, 0.1) is 18.3 Å². The fraction of sp³-hybridized carbons (Fsp3) is 0.167. The van der Waals surface area contributed by atoms with E-state index < -0.39 is 0 Å². The highest BCUT2D eigenvalue weighted by atomic mass is 32.1. The summed E-state index contributed by atoms with van der Waals surface area (Å²) in [5, 5.41) is 14.2. The van der Waals surface area contributed by atoms with Crippen LogP contribution < -0.4 is 5.32 Å². The Bertz CT molecular complexity index is 512. The van der Waals surface area contributed by atoms with E-state index in [1.165, 1.54) is 4.88 Å². The van der Waals surface area contributed by atoms with Crippen LogP contribution in [0.3, 0.4) is 0 Å². The Balaban J connectivity index is 2.15. The molecule has 0 saturated heterocycles. The predicted octanol–water partition coefficient (Wildman–Crippen LogP) is 2.94. The van der Waals surface area contributed by atoms with Gasteiger partial charge in [0.25, 0.3) is 0 Å². The number of aromatic nitrogens is 1. The number of nitriles is 1. The first-order valence-corrected chi connectivity index (χ1v) is 5.81. The van der Waals surface area contributed by atoms with Crippen molar-refractivity contribution < 1.29 is 0 Å². The summed E-state index contributed by atoms with van der Waals surface area (Å²) in [5.41, 5.74) is 1.50. The second kappa shape index (κ2) is 4.77. The Labute approximate surface area is 98.4 Å². The molecular weight excluding hydrogens is 218 g/mol. The van der Waals surface area contributed by atoms with Crippen LogP contribution in [0.1, 0.15) is 16.1 Å². The van der Waals surface area contributed by atoms with Crippen molar-refractivity contribution in [2.24, 2.45) is 0 Å². The fourth-order valence-electron chi connectivity index (χ4n) is 1.37. The molecule has 2 rings (SSSR count). The largest absolute Gasteiger partial charge is 0.364 e. The highest BCUT2D eigenvalue weighted by molar-refractivity contribution is 7.09. The van der Waals surface area contributed by atoms with Gasteiger partial charge in [-0.1, -0.05) is 6.07 Å². The van der Waals surface area contributed by atoms with Gasteiger partial charge in [0.1, 0.15) is 11.9 Å². The summed E-state index contributed by atoms with van der Waals surface area (Å²) >= 11 is 1.69. The maximum Gasteiger partial charge on any atom is 0.144 e. The third kappa shape index (κ3) is 2.38. The summed E-state index contributed by atoms with van der Waals surface area (Å²) in [7, 11) is 0. The number of aryl methyl sites for hydroxylation is 1. The van der Waals surface area contributed by atoms with Crippen molar-refractivity contribution in [3.05, 3.63) is 45.8 Å². The summed E-state index contributed by atoms with van der Waals surface area (Å²) in [6, 6.07) is 9.83. The number of rotatable bonds is 3. The molecule has 0 aliphatic carbocycles. The van der Waals surface area contributed by atoms with Gasteiger partial charge in [0.15, 0.2) is 0 Å². The van der Waals surface area contributed by atoms with E-state index in [0.717, 1.165) is 5.69 Å². The zero-order valence-electron chi connectivity index (χ0n) is 8.90. The van der Waals surface area contributed by atoms with E-state index in [1.54, 1.807) is 17.4 Å². The van der Waals surface area contributed by atoms with Gasteiger partial charge in [-0.2, -0.15) is 5.26 Å². The predicted molar refractivity (Wildman–Crippen MR) is 65.3 cm³/mol. The zero-order chi connectivity index (χ0) is 11.4. The van der Waals surface area contributed by atoms with Gasteiger partial charge < -0.3 is 5.32 Å². The van der Waals surface area contributed by atoms with Crippen LogP contribution in [0.15, 0.2) is 29.6 Å². The topological polar surface area (TPSA) is 48.7 Å². The second-order valence-electron chi connectivity index (χ2n) is 3.39. The van der Waals surface area contributed by atoms with Gasteiger partial charge in [0.05, 0.1) is 12.1 Å². The quantitative estimate of drug-likeness (QED) is 0.880. The standard InChI is InChI=1S/C12H11N3S/c1-9-4-5-10(7-13)12(15-9)14-8-11-3-2-6-16-11/h2-6H,8H2,1H3,(H,14,15). The monoisotopic (exact) mass is 229 g/mol. The van der Waals surface area contributed by atoms with E-state index in [2.05, 4.69) is 22.4 Å². The van der Waals surface area contributed by atoms with Crippen molar-refractivity contribution in [3.8, 4) is 6.07 Å². The van der Waals surface area contributed by atoms with Crippen molar-refractivity contribution in [3.63, 3.8) is 0 Å². The first kappa shape index (κ1) is 10.7. The van der Waals surface area contributed by atoms with E-state index >= 15 is 0 Å². The van der Waals surface area contributed by atoms with Gasteiger partial charge in [-0.3, -0.25) is 0 Å². The number of hydrogen-bond acceptors (Lipinski definition) is 4. The number of pyridine rings is 1. The number of hydrogen-bond donors (Lipinski definition) is 1. The minimum atomic E-state index is 0.585. The summed E-state index contributed by atoms with van der Waals surface area (Å²) in [5.74, 6) is 0.663. The molecule has 0 atom stereocenters. The number of thiophene rings is 1. The summed E-state index contributed by atoms with van der Waals surface area (Å²) < 4.78 is 0. The highest BCUT2D eigenvalue weighted by Gasteiger charge is 2.03. The summed E-state index contributed by atoms with van der Waals surface area (Å²) in [4.78, 5) is 5.54. The molecule has 0 saturated carbocycles. The van der Waals surface area contributed by atoms with Crippen LogP contribution in [0.5, 0.6) is 0 Å². The lowest BCUT2D eigenvalue weighted by Crippen LogP contribution is -2.02. The molecule has 2 aromatic heterocycles. The number of anilines is 1. The van der Waals surface area contributed by atoms with Gasteiger partial charge in [-0.25, -0.2) is 4.98 Å². The molecule has 0 spiro atoms. The average Bonchev–Trinajstić information content (AvgIpc) is 2.79. The van der Waals surface area contributed by atoms with Crippen LogP contribution in [0.25, 0.3) is 0 Å². The van der Waals surface area contributed by atoms with Crippen molar-refractivity contribution in [1.29, 1.82) is 5.26 Å². The van der Waals surface area contributed by atoms with E-state index in [4.69, 9.17) is 5.26 Å². The van der Waals surface area contributed by atoms with Gasteiger partial charge in [0.2, 0.25) is 0 Å². The highest BCUT2D eigenvalue weighted by Crippen LogP contribution is 2.15. The van der Waals surface area contributed by atoms with Gasteiger partial charge in [-0.15, -0.1) is 11.3 Å². The Morgan fingerprint density at radius 1 is 1.44 bits per heavy atom. The number of nitrogens with one attached hydrogen (secondary N) is 1. The third-order valence-electron chi connectivity index (χ3n) is 2.17. The maximum atomic E-state index is 8.94. The molecule has 0 fully saturated rings. The summed E-state index contributed by atoms with van der Waals surface area (Å²) in [6.07, 6.45) is 0. The van der Waals surface area contributed by atoms with Gasteiger partial charge in [-0.05, 0) is 30.5 Å². The lowest BCUT2D eigenvalue weighted by atomic mass is 10.2. The first-order valence-electron chi connectivity index (χ1n) is 4.93. The molecule has 0 unspecified atom stereocenters. The van der Waals surface area contributed by atoms with Gasteiger partial charge >= 0.3 is 0 Å². The Morgan fingerprint density at radius 3 is 3.00 bits per heavy atom. The Hall–Kier alpha value is -1.86. The van der Waals surface area contributed by atoms with E-state index in [1.807, 2.05) is 24.4 Å². The molecule has 0 aromatic carbocycles. The molecule has 0 amide bonds. The van der Waals surface area contributed by atoms with E-state index in [9.17, 15) is 0 Å². The van der Waals surface area contributed by atoms with Crippen LogP contribution in [0.2, 0.25) is 0 Å². The SMILES string of the molecule is Cc1ccc(C#N)c(NCc2cccs2)n1. The summed E-state index contributed by atoms with van der Waals surface area (Å²) in [6.45, 7) is 2.63. The third-order valence-corrected chi connectivity index (χ3v) is 3.04. The van der Waals surface area contributed by atoms with Crippen LogP contribution in [-0.2, 0) is 6.54 Å². The molecule has 0 aliphatic rings. The van der Waals surface area contributed by atoms with Gasteiger partial charge in [0, 0.05) is 10.6 Å². The molecule has 3 nitrogen and oxygen atoms in total. The number of nitrogens with zero attached hydrogens (tertiary/aromatic N) is 2. The lowest BCUT2D eigenvalue weighted by molar-refractivity contribution is 1.10. The van der Waals surface area contributed by atoms with Crippen molar-refractivity contribution in [2.75, 3.05) is 5.32 Å². The van der Waals surface area contributed by atoms with Crippen LogP contribution >= 0.6 is 11.3 Å². The van der Waals surface area contributed by atoms with E-state index in [-0.39, 0.29) is 0 Å². The van der Waals surface area contributed by atoms with E-state index in [0.29, 0.717) is 17.9 Å². The van der Waals surface area contributed by atoms with Crippen molar-refractivity contribution in [1.82, 2.24) is 4.98 Å². The molecule has 2 heterocycles. The molecule has 0 aliphatic heterocycles. The maximum absolute atomic E-state index is 8.94. The Kier molecular flexibility index (Phi) is 3.18. The zero-order valence-corrected chi connectivity index (χ0v) is 9.71. The molecule has 4 heteroatoms.